The minimum Gasteiger partial charge on any atom is -0.351 e. The fraction of sp³-hybridized carbons (Fsp3) is 0.421. The Morgan fingerprint density at radius 1 is 1.42 bits per heavy atom. The summed E-state index contributed by atoms with van der Waals surface area (Å²) in [6.45, 7) is 4.16. The number of benzene rings is 1. The number of hydrogen-bond acceptors (Lipinski definition) is 5. The molecule has 3 rings (SSSR count). The highest BCUT2D eigenvalue weighted by Gasteiger charge is 2.27. The second-order valence-corrected chi connectivity index (χ2v) is 7.69. The highest BCUT2D eigenvalue weighted by Crippen LogP contribution is 2.24. The molecule has 1 saturated heterocycles. The maximum Gasteiger partial charge on any atom is 0.238 e. The molecule has 1 aromatic carbocycles. The van der Waals surface area contributed by atoms with Gasteiger partial charge < -0.3 is 10.2 Å². The monoisotopic (exact) mass is 417 g/mol. The molecule has 0 saturated carbocycles. The number of aryl methyl sites for hydroxylation is 1. The van der Waals surface area contributed by atoms with Crippen molar-refractivity contribution in [1.29, 1.82) is 0 Å². The average molecular weight is 418 g/mol. The number of halogens is 1. The lowest BCUT2D eigenvalue weighted by molar-refractivity contribution is -0.117. The van der Waals surface area contributed by atoms with Crippen LogP contribution in [-0.4, -0.2) is 53.7 Å². The topological polar surface area (TPSA) is 61.4 Å². The van der Waals surface area contributed by atoms with Gasteiger partial charge in [0.2, 0.25) is 5.91 Å². The predicted octanol–water partition coefficient (Wildman–Crippen LogP) is 3.09. The molecule has 1 aromatic heterocycles. The van der Waals surface area contributed by atoms with Crippen molar-refractivity contribution in [3.63, 3.8) is 0 Å². The van der Waals surface area contributed by atoms with Crippen LogP contribution in [-0.2, 0) is 4.79 Å². The van der Waals surface area contributed by atoms with Gasteiger partial charge in [0, 0.05) is 35.5 Å². The molecule has 1 atom stereocenters. The van der Waals surface area contributed by atoms with Crippen LogP contribution in [0.1, 0.15) is 18.4 Å². The number of rotatable bonds is 6. The van der Waals surface area contributed by atoms with Gasteiger partial charge in [0.1, 0.15) is 0 Å². The van der Waals surface area contributed by atoms with Crippen molar-refractivity contribution in [2.75, 3.05) is 36.9 Å². The Labute approximate surface area is 162 Å². The lowest BCUT2D eigenvalue weighted by atomic mass is 10.2. The molecule has 1 aliphatic rings. The van der Waals surface area contributed by atoms with E-state index in [0.717, 1.165) is 47.5 Å². The van der Waals surface area contributed by atoms with E-state index in [1.807, 2.05) is 44.3 Å². The molecule has 138 valence electrons. The highest BCUT2D eigenvalue weighted by atomic mass is 79.9. The summed E-state index contributed by atoms with van der Waals surface area (Å²) in [6.07, 6.45) is 3.93. The summed E-state index contributed by atoms with van der Waals surface area (Å²) in [5.41, 5.74) is 1.90. The van der Waals surface area contributed by atoms with E-state index in [2.05, 4.69) is 41.2 Å². The van der Waals surface area contributed by atoms with Crippen LogP contribution in [0, 0.1) is 6.92 Å². The third-order valence-electron chi connectivity index (χ3n) is 4.63. The third-order valence-corrected chi connectivity index (χ3v) is 5.12. The molecule has 0 spiro atoms. The molecule has 7 heteroatoms. The second kappa shape index (κ2) is 8.60. The van der Waals surface area contributed by atoms with E-state index in [-0.39, 0.29) is 5.91 Å². The second-order valence-electron chi connectivity index (χ2n) is 6.78. The molecule has 6 nitrogen and oxygen atoms in total. The van der Waals surface area contributed by atoms with Gasteiger partial charge in [0.25, 0.3) is 0 Å². The van der Waals surface area contributed by atoms with Crippen LogP contribution in [0.5, 0.6) is 0 Å². The maximum atomic E-state index is 12.4. The molecule has 0 radical (unpaired) electrons. The van der Waals surface area contributed by atoms with E-state index in [1.54, 1.807) is 6.20 Å². The number of nitrogens with one attached hydrogen (secondary N) is 1. The number of carbonyl (C=O) groups excluding carboxylic acids is 1. The van der Waals surface area contributed by atoms with E-state index in [1.165, 1.54) is 0 Å². The van der Waals surface area contributed by atoms with Crippen LogP contribution in [0.4, 0.5) is 11.5 Å². The molecule has 1 unspecified atom stereocenters. The Morgan fingerprint density at radius 2 is 2.27 bits per heavy atom. The smallest absolute Gasteiger partial charge is 0.238 e. The molecule has 1 aliphatic heterocycles. The zero-order valence-corrected chi connectivity index (χ0v) is 16.7. The fourth-order valence-corrected chi connectivity index (χ4v) is 3.88. The van der Waals surface area contributed by atoms with Crippen LogP contribution < -0.4 is 10.2 Å². The van der Waals surface area contributed by atoms with Crippen LogP contribution in [0.2, 0.25) is 0 Å². The Morgan fingerprint density at radius 3 is 3.00 bits per heavy atom. The zero-order valence-electron chi connectivity index (χ0n) is 15.2. The molecule has 0 aliphatic carbocycles. The van der Waals surface area contributed by atoms with Crippen LogP contribution in [0.25, 0.3) is 0 Å². The Balaban J connectivity index is 1.54. The largest absolute Gasteiger partial charge is 0.351 e. The summed E-state index contributed by atoms with van der Waals surface area (Å²) in [5, 5.41) is 11.2. The van der Waals surface area contributed by atoms with E-state index in [0.29, 0.717) is 12.6 Å². The lowest BCUT2D eigenvalue weighted by Crippen LogP contribution is -2.42. The van der Waals surface area contributed by atoms with Crippen LogP contribution in [0.15, 0.2) is 41.0 Å². The van der Waals surface area contributed by atoms with Crippen molar-refractivity contribution in [3.8, 4) is 0 Å². The quantitative estimate of drug-likeness (QED) is 0.782. The summed E-state index contributed by atoms with van der Waals surface area (Å²) in [4.78, 5) is 16.7. The SMILES string of the molecule is Cc1cc(Br)ccc1NC(=O)CN(C)CC1CCCN1c1cccnn1. The molecule has 2 heterocycles. The van der Waals surface area contributed by atoms with Crippen molar-refractivity contribution in [2.45, 2.75) is 25.8 Å². The number of amides is 1. The number of nitrogens with zero attached hydrogens (tertiary/aromatic N) is 4. The van der Waals surface area contributed by atoms with Crippen molar-refractivity contribution < 1.29 is 4.79 Å². The Hall–Kier alpha value is -1.99. The number of hydrogen-bond donors (Lipinski definition) is 1. The maximum absolute atomic E-state index is 12.4. The third kappa shape index (κ3) is 4.80. The first kappa shape index (κ1) is 18.8. The first-order chi connectivity index (χ1) is 12.5. The van der Waals surface area contributed by atoms with E-state index in [4.69, 9.17) is 0 Å². The fourth-order valence-electron chi connectivity index (χ4n) is 3.40. The van der Waals surface area contributed by atoms with Crippen molar-refractivity contribution in [1.82, 2.24) is 15.1 Å². The molecule has 2 aromatic rings. The van der Waals surface area contributed by atoms with E-state index in [9.17, 15) is 4.79 Å². The summed E-state index contributed by atoms with van der Waals surface area (Å²) in [5.74, 6) is 0.917. The molecule has 0 bridgehead atoms. The highest BCUT2D eigenvalue weighted by molar-refractivity contribution is 9.10. The van der Waals surface area contributed by atoms with Crippen LogP contribution in [0.3, 0.4) is 0 Å². The number of likely N-dealkylation sites (N-methyl/N-ethyl adjacent to an activating group) is 1. The van der Waals surface area contributed by atoms with Gasteiger partial charge in [-0.05, 0) is 62.7 Å². The number of carbonyl (C=O) groups is 1. The summed E-state index contributed by atoms with van der Waals surface area (Å²) >= 11 is 3.44. The van der Waals surface area contributed by atoms with Gasteiger partial charge in [-0.25, -0.2) is 0 Å². The summed E-state index contributed by atoms with van der Waals surface area (Å²) in [6, 6.07) is 10.1. The molecule has 26 heavy (non-hydrogen) atoms. The summed E-state index contributed by atoms with van der Waals surface area (Å²) in [7, 11) is 1.99. The van der Waals surface area contributed by atoms with Gasteiger partial charge in [-0.2, -0.15) is 5.10 Å². The molecule has 1 amide bonds. The summed E-state index contributed by atoms with van der Waals surface area (Å²) < 4.78 is 1.01. The Bertz CT molecular complexity index is 755. The number of aromatic nitrogens is 2. The molecule has 1 N–H and O–H groups in total. The van der Waals surface area contributed by atoms with Gasteiger partial charge in [-0.1, -0.05) is 15.9 Å². The van der Waals surface area contributed by atoms with Gasteiger partial charge in [0.15, 0.2) is 5.82 Å². The van der Waals surface area contributed by atoms with E-state index < -0.39 is 0 Å². The number of anilines is 2. The van der Waals surface area contributed by atoms with Gasteiger partial charge in [0.05, 0.1) is 6.54 Å². The van der Waals surface area contributed by atoms with Crippen molar-refractivity contribution >= 4 is 33.3 Å². The zero-order chi connectivity index (χ0) is 18.5. The molecule has 1 fully saturated rings. The first-order valence-electron chi connectivity index (χ1n) is 8.82. The normalized spacial score (nSPS) is 16.9. The van der Waals surface area contributed by atoms with Gasteiger partial charge >= 0.3 is 0 Å². The average Bonchev–Trinajstić information content (AvgIpc) is 3.06. The van der Waals surface area contributed by atoms with Crippen molar-refractivity contribution in [2.24, 2.45) is 0 Å². The van der Waals surface area contributed by atoms with Crippen molar-refractivity contribution in [3.05, 3.63) is 46.6 Å². The molecular formula is C19H24BrN5O. The lowest BCUT2D eigenvalue weighted by Gasteiger charge is -2.29. The van der Waals surface area contributed by atoms with Gasteiger partial charge in [-0.15, -0.1) is 5.10 Å². The van der Waals surface area contributed by atoms with Gasteiger partial charge in [-0.3, -0.25) is 9.69 Å². The van der Waals surface area contributed by atoms with Crippen LogP contribution >= 0.6 is 15.9 Å². The standard InChI is InChI=1S/C19H24BrN5O/c1-14-11-15(20)7-8-17(14)22-19(26)13-24(2)12-16-5-4-10-25(16)18-6-3-9-21-23-18/h3,6-9,11,16H,4-5,10,12-13H2,1-2H3,(H,22,26). The minimum atomic E-state index is 0.00183. The first-order valence-corrected chi connectivity index (χ1v) is 9.61. The Kier molecular flexibility index (Phi) is 6.21. The minimum absolute atomic E-state index is 0.00183. The molecular weight excluding hydrogens is 394 g/mol. The predicted molar refractivity (Wildman–Crippen MR) is 107 cm³/mol. The van der Waals surface area contributed by atoms with E-state index >= 15 is 0 Å².